The van der Waals surface area contributed by atoms with Gasteiger partial charge in [0, 0.05) is 6.42 Å². The Kier molecular flexibility index (Phi) is 10.2. The molecule has 0 heterocycles. The molecule has 0 aromatic carbocycles. The third-order valence-electron chi connectivity index (χ3n) is 3.01. The predicted octanol–water partition coefficient (Wildman–Crippen LogP) is 3.07. The third-order valence-corrected chi connectivity index (χ3v) is 3.01. The van der Waals surface area contributed by atoms with Crippen LogP contribution in [0.15, 0.2) is 0 Å². The number of aliphatic carboxylic acids is 2. The number of carboxylic acids is 2. The van der Waals surface area contributed by atoms with Crippen LogP contribution in [0.25, 0.3) is 0 Å². The molecule has 0 spiro atoms. The van der Waals surface area contributed by atoms with Crippen LogP contribution in [0.1, 0.15) is 65.2 Å². The van der Waals surface area contributed by atoms with Gasteiger partial charge in [0.1, 0.15) is 0 Å². The molecule has 0 bridgehead atoms. The van der Waals surface area contributed by atoms with Crippen LogP contribution >= 0.6 is 0 Å². The van der Waals surface area contributed by atoms with E-state index in [4.69, 9.17) is 14.9 Å². The van der Waals surface area contributed by atoms with Gasteiger partial charge in [-0.3, -0.25) is 4.79 Å². The normalized spacial score (nSPS) is 14.0. The lowest BCUT2D eigenvalue weighted by Gasteiger charge is -2.18. The zero-order valence-electron chi connectivity index (χ0n) is 11.9. The van der Waals surface area contributed by atoms with Gasteiger partial charge in [-0.1, -0.05) is 39.0 Å². The molecule has 19 heavy (non-hydrogen) atoms. The summed E-state index contributed by atoms with van der Waals surface area (Å²) >= 11 is 0. The largest absolute Gasteiger partial charge is 0.481 e. The topological polar surface area (TPSA) is 83.8 Å². The van der Waals surface area contributed by atoms with E-state index in [1.807, 2.05) is 6.92 Å². The molecule has 0 aliphatic rings. The van der Waals surface area contributed by atoms with Crippen molar-refractivity contribution in [1.29, 1.82) is 0 Å². The fourth-order valence-corrected chi connectivity index (χ4v) is 1.89. The Balaban J connectivity index is 3.86. The van der Waals surface area contributed by atoms with Crippen LogP contribution in [-0.4, -0.2) is 34.4 Å². The van der Waals surface area contributed by atoms with Gasteiger partial charge in [0.05, 0.1) is 6.10 Å². The van der Waals surface area contributed by atoms with Crippen LogP contribution < -0.4 is 0 Å². The molecule has 2 N–H and O–H groups in total. The summed E-state index contributed by atoms with van der Waals surface area (Å²) in [5.74, 6) is -2.08. The monoisotopic (exact) mass is 274 g/mol. The van der Waals surface area contributed by atoms with Gasteiger partial charge in [-0.25, -0.2) is 4.79 Å². The van der Waals surface area contributed by atoms with E-state index in [9.17, 15) is 9.59 Å². The van der Waals surface area contributed by atoms with Crippen LogP contribution in [0.5, 0.6) is 0 Å². The summed E-state index contributed by atoms with van der Waals surface area (Å²) in [5, 5.41) is 17.5. The third kappa shape index (κ3) is 10.5. The minimum atomic E-state index is -1.08. The lowest BCUT2D eigenvalue weighted by molar-refractivity contribution is -0.155. The number of rotatable bonds is 12. The lowest BCUT2D eigenvalue weighted by atomic mass is 10.1. The Labute approximate surface area is 115 Å². The first-order valence-corrected chi connectivity index (χ1v) is 7.07. The molecule has 0 aromatic heterocycles. The summed E-state index contributed by atoms with van der Waals surface area (Å²) in [5.41, 5.74) is 0. The minimum absolute atomic E-state index is 0.0187. The van der Waals surface area contributed by atoms with E-state index >= 15 is 0 Å². The molecule has 5 heteroatoms. The SMILES string of the molecule is CCCCCCCC(C)OC(CCC(=O)O)C(=O)O. The number of ether oxygens (including phenoxy) is 1. The van der Waals surface area contributed by atoms with Gasteiger partial charge in [0.25, 0.3) is 0 Å². The number of carboxylic acid groups (broad SMARTS) is 2. The van der Waals surface area contributed by atoms with Crippen molar-refractivity contribution >= 4 is 11.9 Å². The highest BCUT2D eigenvalue weighted by atomic mass is 16.5. The number of unbranched alkanes of at least 4 members (excludes halogenated alkanes) is 4. The molecule has 2 unspecified atom stereocenters. The van der Waals surface area contributed by atoms with E-state index in [0.717, 1.165) is 19.3 Å². The molecule has 0 saturated heterocycles. The Hall–Kier alpha value is -1.10. The molecule has 0 aromatic rings. The second kappa shape index (κ2) is 10.8. The number of carbonyl (C=O) groups is 2. The predicted molar refractivity (Wildman–Crippen MR) is 72.2 cm³/mol. The first-order chi connectivity index (χ1) is 8.97. The minimum Gasteiger partial charge on any atom is -0.481 e. The van der Waals surface area contributed by atoms with Crippen LogP contribution in [0.4, 0.5) is 0 Å². The molecule has 112 valence electrons. The van der Waals surface area contributed by atoms with Gasteiger partial charge in [-0.05, 0) is 19.8 Å². The zero-order chi connectivity index (χ0) is 14.7. The van der Waals surface area contributed by atoms with Crippen LogP contribution in [-0.2, 0) is 14.3 Å². The summed E-state index contributed by atoms with van der Waals surface area (Å²) in [6.45, 7) is 4.00. The van der Waals surface area contributed by atoms with Crippen molar-refractivity contribution < 1.29 is 24.5 Å². The maximum absolute atomic E-state index is 10.9. The van der Waals surface area contributed by atoms with Gasteiger partial charge >= 0.3 is 11.9 Å². The van der Waals surface area contributed by atoms with Crippen molar-refractivity contribution in [2.75, 3.05) is 0 Å². The second-order valence-electron chi connectivity index (χ2n) is 4.91. The quantitative estimate of drug-likeness (QED) is 0.534. The van der Waals surface area contributed by atoms with E-state index in [2.05, 4.69) is 6.92 Å². The average Bonchev–Trinajstić information content (AvgIpc) is 2.33. The molecular formula is C14H26O5. The fourth-order valence-electron chi connectivity index (χ4n) is 1.89. The summed E-state index contributed by atoms with van der Waals surface area (Å²) in [4.78, 5) is 21.4. The van der Waals surface area contributed by atoms with Crippen LogP contribution in [0.2, 0.25) is 0 Å². The van der Waals surface area contributed by atoms with Crippen LogP contribution in [0, 0.1) is 0 Å². The van der Waals surface area contributed by atoms with E-state index in [-0.39, 0.29) is 18.9 Å². The molecule has 0 rings (SSSR count). The summed E-state index contributed by atoms with van der Waals surface area (Å²) in [6, 6.07) is 0. The first kappa shape index (κ1) is 17.9. The van der Waals surface area contributed by atoms with Gasteiger partial charge in [-0.15, -0.1) is 0 Å². The first-order valence-electron chi connectivity index (χ1n) is 7.07. The van der Waals surface area contributed by atoms with E-state index in [1.165, 1.54) is 19.3 Å². The Bertz CT molecular complexity index is 265. The Morgan fingerprint density at radius 1 is 1.05 bits per heavy atom. The zero-order valence-corrected chi connectivity index (χ0v) is 11.9. The molecule has 0 radical (unpaired) electrons. The molecule has 0 saturated carbocycles. The van der Waals surface area contributed by atoms with Crippen LogP contribution in [0.3, 0.4) is 0 Å². The summed E-state index contributed by atoms with van der Waals surface area (Å²) in [7, 11) is 0. The van der Waals surface area contributed by atoms with Crippen molar-refractivity contribution in [2.45, 2.75) is 77.4 Å². The van der Waals surface area contributed by atoms with Gasteiger partial charge in [-0.2, -0.15) is 0 Å². The maximum atomic E-state index is 10.9. The van der Waals surface area contributed by atoms with Crippen molar-refractivity contribution in [2.24, 2.45) is 0 Å². The number of hydrogen-bond donors (Lipinski definition) is 2. The molecule has 5 nitrogen and oxygen atoms in total. The molecule has 0 aliphatic heterocycles. The van der Waals surface area contributed by atoms with Crippen molar-refractivity contribution in [1.82, 2.24) is 0 Å². The standard InChI is InChI=1S/C14H26O5/c1-3-4-5-6-7-8-11(2)19-12(14(17)18)9-10-13(15)16/h11-12H,3-10H2,1-2H3,(H,15,16)(H,17,18). The molecule has 2 atom stereocenters. The molecular weight excluding hydrogens is 248 g/mol. The fraction of sp³-hybridized carbons (Fsp3) is 0.857. The average molecular weight is 274 g/mol. The van der Waals surface area contributed by atoms with Gasteiger partial charge < -0.3 is 14.9 Å². The van der Waals surface area contributed by atoms with Gasteiger partial charge in [0.15, 0.2) is 6.10 Å². The maximum Gasteiger partial charge on any atom is 0.332 e. The number of hydrogen-bond acceptors (Lipinski definition) is 3. The summed E-state index contributed by atoms with van der Waals surface area (Å²) < 4.78 is 5.41. The summed E-state index contributed by atoms with van der Waals surface area (Å²) in [6.07, 6.45) is 5.28. The highest BCUT2D eigenvalue weighted by Crippen LogP contribution is 2.13. The van der Waals surface area contributed by atoms with E-state index in [1.54, 1.807) is 0 Å². The van der Waals surface area contributed by atoms with E-state index in [0.29, 0.717) is 0 Å². The van der Waals surface area contributed by atoms with Crippen molar-refractivity contribution in [3.8, 4) is 0 Å². The molecule has 0 aliphatic carbocycles. The highest BCUT2D eigenvalue weighted by molar-refractivity contribution is 5.74. The Morgan fingerprint density at radius 3 is 2.21 bits per heavy atom. The Morgan fingerprint density at radius 2 is 1.68 bits per heavy atom. The van der Waals surface area contributed by atoms with E-state index < -0.39 is 18.0 Å². The lowest BCUT2D eigenvalue weighted by Crippen LogP contribution is -2.28. The molecule has 0 fully saturated rings. The van der Waals surface area contributed by atoms with Gasteiger partial charge in [0.2, 0.25) is 0 Å². The van der Waals surface area contributed by atoms with Crippen molar-refractivity contribution in [3.05, 3.63) is 0 Å². The molecule has 0 amide bonds. The smallest absolute Gasteiger partial charge is 0.332 e. The highest BCUT2D eigenvalue weighted by Gasteiger charge is 2.21. The second-order valence-corrected chi connectivity index (χ2v) is 4.91. The van der Waals surface area contributed by atoms with Crippen molar-refractivity contribution in [3.63, 3.8) is 0 Å².